The fraction of sp³-hybridized carbons (Fsp3) is 0.565. The lowest BCUT2D eigenvalue weighted by molar-refractivity contribution is -0.177. The van der Waals surface area contributed by atoms with E-state index in [1.54, 1.807) is 18.6 Å². The van der Waals surface area contributed by atoms with Gasteiger partial charge >= 0.3 is 0 Å². The first-order chi connectivity index (χ1) is 15.2. The summed E-state index contributed by atoms with van der Waals surface area (Å²) in [6, 6.07) is 6.08. The predicted octanol–water partition coefficient (Wildman–Crippen LogP) is 2.61. The maximum absolute atomic E-state index is 13.3. The molecule has 1 saturated carbocycles. The van der Waals surface area contributed by atoms with Crippen molar-refractivity contribution in [1.82, 2.24) is 19.9 Å². The molecule has 3 aliphatic heterocycles. The molecular formula is C23H27N5O3. The van der Waals surface area contributed by atoms with E-state index in [1.807, 2.05) is 17.0 Å². The average Bonchev–Trinajstić information content (AvgIpc) is 3.50. The molecule has 2 atom stereocenters. The van der Waals surface area contributed by atoms with Crippen molar-refractivity contribution in [3.63, 3.8) is 0 Å². The molecule has 162 valence electrons. The first-order valence-corrected chi connectivity index (χ1v) is 11.3. The van der Waals surface area contributed by atoms with E-state index < -0.39 is 5.60 Å². The Balaban J connectivity index is 1.07. The van der Waals surface area contributed by atoms with E-state index in [9.17, 15) is 4.79 Å². The highest BCUT2D eigenvalue weighted by atomic mass is 16.6. The highest BCUT2D eigenvalue weighted by Gasteiger charge is 2.63. The van der Waals surface area contributed by atoms with E-state index in [4.69, 9.17) is 14.5 Å². The molecule has 0 radical (unpaired) electrons. The molecule has 1 unspecified atom stereocenters. The van der Waals surface area contributed by atoms with E-state index in [1.165, 1.54) is 12.8 Å². The van der Waals surface area contributed by atoms with Crippen LogP contribution >= 0.6 is 0 Å². The lowest BCUT2D eigenvalue weighted by Crippen LogP contribution is -2.54. The normalized spacial score (nSPS) is 32.0. The zero-order valence-electron chi connectivity index (χ0n) is 17.5. The van der Waals surface area contributed by atoms with Gasteiger partial charge in [0.1, 0.15) is 12.0 Å². The third-order valence-electron chi connectivity index (χ3n) is 7.05. The summed E-state index contributed by atoms with van der Waals surface area (Å²) in [6.45, 7) is 2.62. The molecule has 4 fully saturated rings. The van der Waals surface area contributed by atoms with Gasteiger partial charge in [-0.05, 0) is 37.8 Å². The number of hydrogen-bond donors (Lipinski definition) is 0. The fourth-order valence-electron chi connectivity index (χ4n) is 5.42. The molecule has 0 bridgehead atoms. The standard InChI is InChI=1S/C23H27N5O3/c29-22-23(31-21-7-6-19(28(21)22)18-14-24-8-9-25-18)12-17(13-23)30-15-16-4-3-5-20(26-16)27-10-1-2-11-27/h3-5,8-9,14,17,19,21H,1-2,6-7,10-13,15H2/t17?,19-,21?,23?/m0/s1. The molecule has 2 aromatic heterocycles. The molecule has 31 heavy (non-hydrogen) atoms. The van der Waals surface area contributed by atoms with Crippen molar-refractivity contribution in [3.05, 3.63) is 48.2 Å². The third kappa shape index (κ3) is 3.29. The summed E-state index contributed by atoms with van der Waals surface area (Å²) in [4.78, 5) is 30.8. The quantitative estimate of drug-likeness (QED) is 0.734. The van der Waals surface area contributed by atoms with Crippen molar-refractivity contribution in [3.8, 4) is 0 Å². The van der Waals surface area contributed by atoms with Gasteiger partial charge in [0.05, 0.1) is 36.3 Å². The van der Waals surface area contributed by atoms with Gasteiger partial charge in [0.25, 0.3) is 5.91 Å². The summed E-state index contributed by atoms with van der Waals surface area (Å²) in [6.07, 6.45) is 10.3. The van der Waals surface area contributed by atoms with Crippen LogP contribution in [0, 0.1) is 0 Å². The lowest BCUT2D eigenvalue weighted by Gasteiger charge is -2.42. The van der Waals surface area contributed by atoms with E-state index >= 15 is 0 Å². The number of pyridine rings is 1. The van der Waals surface area contributed by atoms with Gasteiger partial charge in [-0.2, -0.15) is 0 Å². The van der Waals surface area contributed by atoms with E-state index in [0.717, 1.165) is 43.1 Å². The average molecular weight is 422 g/mol. The fourth-order valence-corrected chi connectivity index (χ4v) is 5.42. The zero-order valence-corrected chi connectivity index (χ0v) is 17.5. The van der Waals surface area contributed by atoms with Crippen LogP contribution in [0.5, 0.6) is 0 Å². The number of anilines is 1. The highest BCUT2D eigenvalue weighted by Crippen LogP contribution is 2.51. The molecule has 0 N–H and O–H groups in total. The Morgan fingerprint density at radius 1 is 1.16 bits per heavy atom. The molecule has 8 heteroatoms. The third-order valence-corrected chi connectivity index (χ3v) is 7.05. The van der Waals surface area contributed by atoms with Crippen LogP contribution in [0.25, 0.3) is 0 Å². The van der Waals surface area contributed by atoms with Crippen LogP contribution in [0.3, 0.4) is 0 Å². The Bertz CT molecular complexity index is 959. The predicted molar refractivity (Wildman–Crippen MR) is 112 cm³/mol. The van der Waals surface area contributed by atoms with Crippen LogP contribution in [-0.2, 0) is 20.9 Å². The molecule has 1 aliphatic carbocycles. The van der Waals surface area contributed by atoms with Crippen molar-refractivity contribution in [2.24, 2.45) is 0 Å². The Morgan fingerprint density at radius 3 is 2.84 bits per heavy atom. The van der Waals surface area contributed by atoms with Gasteiger partial charge in [-0.15, -0.1) is 0 Å². The van der Waals surface area contributed by atoms with Gasteiger partial charge in [-0.25, -0.2) is 4.98 Å². The van der Waals surface area contributed by atoms with Gasteiger partial charge < -0.3 is 19.3 Å². The summed E-state index contributed by atoms with van der Waals surface area (Å²) in [5.41, 5.74) is 1.06. The number of rotatable bonds is 5. The maximum Gasteiger partial charge on any atom is 0.257 e. The number of hydrogen-bond acceptors (Lipinski definition) is 7. The number of nitrogens with zero attached hydrogens (tertiary/aromatic N) is 5. The van der Waals surface area contributed by atoms with Crippen LogP contribution in [0.2, 0.25) is 0 Å². The van der Waals surface area contributed by atoms with Crippen LogP contribution in [-0.4, -0.2) is 56.8 Å². The molecule has 5 heterocycles. The van der Waals surface area contributed by atoms with Gasteiger partial charge in [0.2, 0.25) is 0 Å². The Morgan fingerprint density at radius 2 is 2.03 bits per heavy atom. The molecular weight excluding hydrogens is 394 g/mol. The first kappa shape index (κ1) is 19.1. The largest absolute Gasteiger partial charge is 0.372 e. The van der Waals surface area contributed by atoms with Crippen molar-refractivity contribution in [2.45, 2.75) is 69.1 Å². The topological polar surface area (TPSA) is 80.7 Å². The highest BCUT2D eigenvalue weighted by molar-refractivity contribution is 5.89. The Kier molecular flexibility index (Phi) is 4.65. The first-order valence-electron chi connectivity index (χ1n) is 11.3. The van der Waals surface area contributed by atoms with E-state index in [-0.39, 0.29) is 24.3 Å². The Labute approximate surface area is 181 Å². The van der Waals surface area contributed by atoms with Gasteiger partial charge in [0.15, 0.2) is 5.60 Å². The van der Waals surface area contributed by atoms with Crippen molar-refractivity contribution in [1.29, 1.82) is 0 Å². The number of ether oxygens (including phenoxy) is 2. The van der Waals surface area contributed by atoms with Gasteiger partial charge in [-0.1, -0.05) is 6.07 Å². The summed E-state index contributed by atoms with van der Waals surface area (Å²) in [5.74, 6) is 1.12. The van der Waals surface area contributed by atoms with Crippen LogP contribution in [0.4, 0.5) is 5.82 Å². The Hall–Kier alpha value is -2.58. The van der Waals surface area contributed by atoms with Gasteiger partial charge in [0, 0.05) is 38.3 Å². The molecule has 6 rings (SSSR count). The van der Waals surface area contributed by atoms with Crippen molar-refractivity contribution >= 4 is 11.7 Å². The molecule has 3 saturated heterocycles. The molecule has 0 aromatic carbocycles. The minimum absolute atomic E-state index is 0.0242. The maximum atomic E-state index is 13.3. The number of aromatic nitrogens is 3. The SMILES string of the molecule is O=C1N2C(CC[C@H]2c2cnccn2)OC12CC(OCc1cccc(N3CCCC3)n1)C2. The number of amides is 1. The summed E-state index contributed by atoms with van der Waals surface area (Å²) in [7, 11) is 0. The monoisotopic (exact) mass is 421 g/mol. The molecule has 4 aliphatic rings. The van der Waals surface area contributed by atoms with E-state index in [0.29, 0.717) is 19.4 Å². The van der Waals surface area contributed by atoms with Crippen molar-refractivity contribution in [2.75, 3.05) is 18.0 Å². The molecule has 1 spiro atoms. The van der Waals surface area contributed by atoms with Crippen LogP contribution in [0.15, 0.2) is 36.8 Å². The van der Waals surface area contributed by atoms with Gasteiger partial charge in [-0.3, -0.25) is 14.8 Å². The molecule has 8 nitrogen and oxygen atoms in total. The second-order valence-corrected chi connectivity index (χ2v) is 9.03. The van der Waals surface area contributed by atoms with E-state index in [2.05, 4.69) is 20.9 Å². The number of fused-ring (bicyclic) bond motifs is 1. The smallest absolute Gasteiger partial charge is 0.257 e. The number of carbonyl (C=O) groups excluding carboxylic acids is 1. The minimum Gasteiger partial charge on any atom is -0.372 e. The minimum atomic E-state index is -0.721. The molecule has 2 aromatic rings. The van der Waals surface area contributed by atoms with Crippen LogP contribution < -0.4 is 4.90 Å². The molecule has 1 amide bonds. The second-order valence-electron chi connectivity index (χ2n) is 9.03. The zero-order chi connectivity index (χ0) is 20.8. The number of carbonyl (C=O) groups is 1. The van der Waals surface area contributed by atoms with Crippen LogP contribution in [0.1, 0.15) is 56.0 Å². The summed E-state index contributed by atoms with van der Waals surface area (Å²) >= 11 is 0. The summed E-state index contributed by atoms with van der Waals surface area (Å²) < 4.78 is 12.4. The second kappa shape index (κ2) is 7.53. The van der Waals surface area contributed by atoms with Crippen molar-refractivity contribution < 1.29 is 14.3 Å². The summed E-state index contributed by atoms with van der Waals surface area (Å²) in [5, 5.41) is 0. The lowest BCUT2D eigenvalue weighted by atomic mass is 9.76.